The maximum absolute atomic E-state index is 11.5. The zero-order valence-electron chi connectivity index (χ0n) is 16.0. The van der Waals surface area contributed by atoms with Crippen molar-refractivity contribution in [3.05, 3.63) is 0 Å². The number of unbranched alkanes of at least 4 members (excludes halogenated alkanes) is 14. The average molecular weight is 338 g/mol. The Kier molecular flexibility index (Phi) is 12.8. The van der Waals surface area contributed by atoms with E-state index in [9.17, 15) is 9.59 Å². The summed E-state index contributed by atoms with van der Waals surface area (Å²) in [5.74, 6) is 0.0655. The first-order valence-electron chi connectivity index (χ1n) is 10.6. The Balaban J connectivity index is 1.75. The standard InChI is InChI=1S/C21H39NO2/c1-2-3-4-5-6-7-8-9-10-11-12-13-14-15-16-19-22-20(23)17-18-21(22)24/h2-19H2,1H3. The van der Waals surface area contributed by atoms with Gasteiger partial charge in [0.05, 0.1) is 0 Å². The molecule has 0 aliphatic carbocycles. The van der Waals surface area contributed by atoms with Crippen LogP contribution in [-0.4, -0.2) is 23.3 Å². The van der Waals surface area contributed by atoms with Crippen molar-refractivity contribution in [3.63, 3.8) is 0 Å². The third kappa shape index (κ3) is 10.1. The van der Waals surface area contributed by atoms with Crippen LogP contribution in [0.1, 0.15) is 116 Å². The van der Waals surface area contributed by atoms with Gasteiger partial charge in [-0.05, 0) is 6.42 Å². The molecular weight excluding hydrogens is 298 g/mol. The van der Waals surface area contributed by atoms with E-state index >= 15 is 0 Å². The van der Waals surface area contributed by atoms with Crippen LogP contribution in [0.5, 0.6) is 0 Å². The second kappa shape index (κ2) is 14.5. The molecule has 140 valence electrons. The van der Waals surface area contributed by atoms with Gasteiger partial charge in [0.15, 0.2) is 0 Å². The second-order valence-electron chi connectivity index (χ2n) is 7.39. The largest absolute Gasteiger partial charge is 0.283 e. The van der Waals surface area contributed by atoms with Gasteiger partial charge >= 0.3 is 0 Å². The summed E-state index contributed by atoms with van der Waals surface area (Å²) in [5.41, 5.74) is 0. The van der Waals surface area contributed by atoms with Crippen LogP contribution in [0.2, 0.25) is 0 Å². The highest BCUT2D eigenvalue weighted by atomic mass is 16.2. The van der Waals surface area contributed by atoms with Gasteiger partial charge in [-0.15, -0.1) is 0 Å². The summed E-state index contributed by atoms with van der Waals surface area (Å²) >= 11 is 0. The summed E-state index contributed by atoms with van der Waals surface area (Å²) in [4.78, 5) is 24.4. The lowest BCUT2D eigenvalue weighted by atomic mass is 10.0. The minimum absolute atomic E-state index is 0.0327. The van der Waals surface area contributed by atoms with Crippen molar-refractivity contribution >= 4 is 11.8 Å². The van der Waals surface area contributed by atoms with E-state index < -0.39 is 0 Å². The molecule has 0 bridgehead atoms. The zero-order chi connectivity index (χ0) is 17.5. The average Bonchev–Trinajstić information content (AvgIpc) is 2.90. The van der Waals surface area contributed by atoms with Crippen LogP contribution in [0.3, 0.4) is 0 Å². The SMILES string of the molecule is CCCCCCCCCCCCCCCCCN1C(=O)CCC1=O. The maximum Gasteiger partial charge on any atom is 0.229 e. The number of nitrogens with zero attached hydrogens (tertiary/aromatic N) is 1. The molecule has 1 saturated heterocycles. The molecule has 3 heteroatoms. The molecule has 1 rings (SSSR count). The number of rotatable bonds is 16. The Morgan fingerprint density at radius 3 is 1.29 bits per heavy atom. The van der Waals surface area contributed by atoms with E-state index in [0.29, 0.717) is 19.4 Å². The van der Waals surface area contributed by atoms with E-state index in [-0.39, 0.29) is 11.8 Å². The van der Waals surface area contributed by atoms with Gasteiger partial charge in [0.2, 0.25) is 11.8 Å². The first-order chi connectivity index (χ1) is 11.8. The fraction of sp³-hybridized carbons (Fsp3) is 0.905. The predicted molar refractivity (Wildman–Crippen MR) is 101 cm³/mol. The van der Waals surface area contributed by atoms with Gasteiger partial charge in [-0.25, -0.2) is 0 Å². The van der Waals surface area contributed by atoms with E-state index in [4.69, 9.17) is 0 Å². The minimum Gasteiger partial charge on any atom is -0.283 e. The lowest BCUT2D eigenvalue weighted by Crippen LogP contribution is -2.29. The Bertz CT molecular complexity index is 325. The third-order valence-electron chi connectivity index (χ3n) is 5.14. The quantitative estimate of drug-likeness (QED) is 0.255. The molecule has 24 heavy (non-hydrogen) atoms. The number of likely N-dealkylation sites (tertiary alicyclic amines) is 1. The lowest BCUT2D eigenvalue weighted by Gasteiger charge is -2.13. The van der Waals surface area contributed by atoms with E-state index in [0.717, 1.165) is 12.8 Å². The Hall–Kier alpha value is -0.860. The molecule has 1 fully saturated rings. The normalized spacial score (nSPS) is 14.8. The van der Waals surface area contributed by atoms with Crippen molar-refractivity contribution in [2.75, 3.05) is 6.54 Å². The summed E-state index contributed by atoms with van der Waals surface area (Å²) in [5, 5.41) is 0. The first kappa shape index (κ1) is 21.2. The molecule has 0 atom stereocenters. The molecule has 0 N–H and O–H groups in total. The van der Waals surface area contributed by atoms with Crippen LogP contribution in [0.4, 0.5) is 0 Å². The van der Waals surface area contributed by atoms with Crippen LogP contribution in [0.25, 0.3) is 0 Å². The van der Waals surface area contributed by atoms with Gasteiger partial charge < -0.3 is 0 Å². The number of hydrogen-bond acceptors (Lipinski definition) is 2. The second-order valence-corrected chi connectivity index (χ2v) is 7.39. The molecule has 0 aromatic rings. The molecule has 3 nitrogen and oxygen atoms in total. The molecule has 1 aliphatic rings. The topological polar surface area (TPSA) is 37.4 Å². The van der Waals surface area contributed by atoms with E-state index in [1.807, 2.05) is 0 Å². The van der Waals surface area contributed by atoms with Crippen LogP contribution in [0, 0.1) is 0 Å². The van der Waals surface area contributed by atoms with Gasteiger partial charge in [-0.3, -0.25) is 14.5 Å². The summed E-state index contributed by atoms with van der Waals surface area (Å²) in [7, 11) is 0. The van der Waals surface area contributed by atoms with Crippen molar-refractivity contribution in [2.24, 2.45) is 0 Å². The summed E-state index contributed by atoms with van der Waals surface area (Å²) in [6.45, 7) is 2.92. The molecule has 0 saturated carbocycles. The van der Waals surface area contributed by atoms with Gasteiger partial charge in [-0.2, -0.15) is 0 Å². The Morgan fingerprint density at radius 1 is 0.583 bits per heavy atom. The molecular formula is C21H39NO2. The molecule has 2 amide bonds. The molecule has 1 aliphatic heterocycles. The number of carbonyl (C=O) groups is 2. The van der Waals surface area contributed by atoms with Crippen molar-refractivity contribution in [1.29, 1.82) is 0 Å². The highest BCUT2D eigenvalue weighted by Crippen LogP contribution is 2.15. The Labute approximate surface area is 149 Å². The van der Waals surface area contributed by atoms with Crippen LogP contribution < -0.4 is 0 Å². The molecule has 0 radical (unpaired) electrons. The summed E-state index contributed by atoms with van der Waals surface area (Å²) < 4.78 is 0. The van der Waals surface area contributed by atoms with Gasteiger partial charge in [0, 0.05) is 19.4 Å². The van der Waals surface area contributed by atoms with Crippen LogP contribution in [0.15, 0.2) is 0 Å². The molecule has 0 aromatic heterocycles. The van der Waals surface area contributed by atoms with Crippen molar-refractivity contribution in [2.45, 2.75) is 116 Å². The van der Waals surface area contributed by atoms with E-state index in [2.05, 4.69) is 6.92 Å². The molecule has 0 unspecified atom stereocenters. The van der Waals surface area contributed by atoms with Crippen LogP contribution >= 0.6 is 0 Å². The van der Waals surface area contributed by atoms with Gasteiger partial charge in [0.25, 0.3) is 0 Å². The fourth-order valence-corrected chi connectivity index (χ4v) is 3.51. The number of carbonyl (C=O) groups excluding carboxylic acids is 2. The number of amides is 2. The Morgan fingerprint density at radius 2 is 0.917 bits per heavy atom. The van der Waals surface area contributed by atoms with Crippen molar-refractivity contribution in [3.8, 4) is 0 Å². The molecule has 0 aromatic carbocycles. The smallest absolute Gasteiger partial charge is 0.229 e. The minimum atomic E-state index is 0.0327. The maximum atomic E-state index is 11.5. The van der Waals surface area contributed by atoms with Gasteiger partial charge in [-0.1, -0.05) is 96.8 Å². The van der Waals surface area contributed by atoms with Crippen molar-refractivity contribution < 1.29 is 9.59 Å². The number of imide groups is 1. The van der Waals surface area contributed by atoms with Crippen molar-refractivity contribution in [1.82, 2.24) is 4.90 Å². The summed E-state index contributed by atoms with van der Waals surface area (Å²) in [6, 6.07) is 0. The monoisotopic (exact) mass is 337 g/mol. The fourth-order valence-electron chi connectivity index (χ4n) is 3.51. The first-order valence-corrected chi connectivity index (χ1v) is 10.6. The highest BCUT2D eigenvalue weighted by molar-refractivity contribution is 6.01. The number of hydrogen-bond donors (Lipinski definition) is 0. The van der Waals surface area contributed by atoms with E-state index in [1.54, 1.807) is 0 Å². The van der Waals surface area contributed by atoms with E-state index in [1.165, 1.54) is 88.4 Å². The summed E-state index contributed by atoms with van der Waals surface area (Å²) in [6.07, 6.45) is 20.9. The van der Waals surface area contributed by atoms with Gasteiger partial charge in [0.1, 0.15) is 0 Å². The lowest BCUT2D eigenvalue weighted by molar-refractivity contribution is -0.138. The third-order valence-corrected chi connectivity index (χ3v) is 5.14. The molecule has 0 spiro atoms. The molecule has 1 heterocycles. The predicted octanol–water partition coefficient (Wildman–Crippen LogP) is 6.01. The highest BCUT2D eigenvalue weighted by Gasteiger charge is 2.27. The van der Waals surface area contributed by atoms with Crippen LogP contribution in [-0.2, 0) is 9.59 Å². The zero-order valence-corrected chi connectivity index (χ0v) is 16.0.